The van der Waals surface area contributed by atoms with Gasteiger partial charge in [0.25, 0.3) is 5.91 Å². The summed E-state index contributed by atoms with van der Waals surface area (Å²) in [6.07, 6.45) is 0.618. The molecular formula is C24H35N3O6S. The molecule has 10 heteroatoms. The Morgan fingerprint density at radius 2 is 2.00 bits per heavy atom. The molecule has 3 rings (SSSR count). The predicted molar refractivity (Wildman–Crippen MR) is 133 cm³/mol. The van der Waals surface area contributed by atoms with Crippen molar-refractivity contribution in [2.45, 2.75) is 49.6 Å². The Kier molecular flexibility index (Phi) is 12.2. The molecule has 1 aliphatic heterocycles. The Bertz CT molecular complexity index is 887. The van der Waals surface area contributed by atoms with Gasteiger partial charge in [-0.2, -0.15) is 0 Å². The quantitative estimate of drug-likeness (QED) is 0.264. The van der Waals surface area contributed by atoms with Crippen LogP contribution >= 0.6 is 11.9 Å². The van der Waals surface area contributed by atoms with Crippen LogP contribution in [0.1, 0.15) is 36.5 Å². The fourth-order valence-corrected chi connectivity index (χ4v) is 3.66. The minimum absolute atomic E-state index is 0.157. The van der Waals surface area contributed by atoms with Gasteiger partial charge in [0.05, 0.1) is 23.3 Å². The van der Waals surface area contributed by atoms with E-state index >= 15 is 0 Å². The normalized spacial score (nSPS) is 19.5. The molecule has 2 aromatic rings. The zero-order chi connectivity index (χ0) is 24.9. The number of nitrogens with one attached hydrogen (secondary N) is 2. The second-order valence-corrected chi connectivity index (χ2v) is 8.31. The zero-order valence-electron chi connectivity index (χ0n) is 19.8. The highest BCUT2D eigenvalue weighted by Gasteiger charge is 2.28. The minimum atomic E-state index is -0.700. The van der Waals surface area contributed by atoms with Crippen molar-refractivity contribution in [2.75, 3.05) is 32.6 Å². The van der Waals surface area contributed by atoms with Crippen LogP contribution in [0.2, 0.25) is 0 Å². The molecule has 0 aromatic heterocycles. The topological polar surface area (TPSA) is 135 Å². The number of hydrogen-bond acceptors (Lipinski definition) is 9. The predicted octanol–water partition coefficient (Wildman–Crippen LogP) is 3.12. The maximum Gasteiger partial charge on any atom is 0.251 e. The van der Waals surface area contributed by atoms with Crippen molar-refractivity contribution in [3.8, 4) is 11.5 Å². The monoisotopic (exact) mass is 493 g/mol. The van der Waals surface area contributed by atoms with E-state index in [1.807, 2.05) is 30.3 Å². The van der Waals surface area contributed by atoms with Crippen LogP contribution in [0.15, 0.2) is 47.4 Å². The van der Waals surface area contributed by atoms with E-state index in [1.165, 1.54) is 7.11 Å². The molecular weight excluding hydrogens is 458 g/mol. The molecule has 34 heavy (non-hydrogen) atoms. The molecule has 1 saturated heterocycles. The van der Waals surface area contributed by atoms with Gasteiger partial charge in [-0.05, 0) is 42.6 Å². The molecule has 0 aliphatic carbocycles. The first kappa shape index (κ1) is 27.9. The Morgan fingerprint density at radius 1 is 1.26 bits per heavy atom. The van der Waals surface area contributed by atoms with Crippen molar-refractivity contribution < 1.29 is 29.2 Å². The first-order chi connectivity index (χ1) is 16.4. The highest BCUT2D eigenvalue weighted by molar-refractivity contribution is 7.97. The van der Waals surface area contributed by atoms with E-state index in [2.05, 4.69) is 17.6 Å². The first-order valence-electron chi connectivity index (χ1n) is 11.2. The molecule has 1 amide bonds. The molecule has 0 bridgehead atoms. The van der Waals surface area contributed by atoms with Gasteiger partial charge in [-0.15, -0.1) is 0 Å². The van der Waals surface area contributed by atoms with Crippen molar-refractivity contribution in [1.29, 1.82) is 0 Å². The van der Waals surface area contributed by atoms with Gasteiger partial charge in [0.15, 0.2) is 12.0 Å². The SMILES string of the molecule is CCCCNc1cc(C(=O)NC)cc(SN)c1Oc1ccccc1.COC1OCC(O)CC1O. The number of benzene rings is 2. The number of carbonyl (C=O) groups is 1. The Balaban J connectivity index is 0.000000340. The van der Waals surface area contributed by atoms with Crippen LogP contribution in [0.25, 0.3) is 0 Å². The average Bonchev–Trinajstić information content (AvgIpc) is 2.85. The summed E-state index contributed by atoms with van der Waals surface area (Å²) >= 11 is 1.07. The van der Waals surface area contributed by atoms with E-state index in [9.17, 15) is 4.79 Å². The number of aliphatic hydroxyl groups is 2. The molecule has 1 fully saturated rings. The van der Waals surface area contributed by atoms with Crippen molar-refractivity contribution in [3.05, 3.63) is 48.0 Å². The van der Waals surface area contributed by atoms with Gasteiger partial charge in [-0.25, -0.2) is 0 Å². The lowest BCUT2D eigenvalue weighted by Crippen LogP contribution is -2.41. The van der Waals surface area contributed by atoms with Crippen molar-refractivity contribution in [2.24, 2.45) is 5.14 Å². The largest absolute Gasteiger partial charge is 0.454 e. The summed E-state index contributed by atoms with van der Waals surface area (Å²) in [5.41, 5.74) is 1.31. The van der Waals surface area contributed by atoms with Gasteiger partial charge >= 0.3 is 0 Å². The molecule has 1 heterocycles. The summed E-state index contributed by atoms with van der Waals surface area (Å²) < 4.78 is 15.7. The van der Waals surface area contributed by atoms with Gasteiger partial charge in [0.1, 0.15) is 11.9 Å². The smallest absolute Gasteiger partial charge is 0.251 e. The van der Waals surface area contributed by atoms with Crippen LogP contribution in [-0.4, -0.2) is 61.9 Å². The van der Waals surface area contributed by atoms with E-state index in [4.69, 9.17) is 29.6 Å². The summed E-state index contributed by atoms with van der Waals surface area (Å²) in [5, 5.41) is 29.9. The lowest BCUT2D eigenvalue weighted by molar-refractivity contribution is -0.224. The molecule has 2 aromatic carbocycles. The van der Waals surface area contributed by atoms with E-state index in [-0.39, 0.29) is 12.5 Å². The van der Waals surface area contributed by atoms with Crippen LogP contribution in [0.3, 0.4) is 0 Å². The lowest BCUT2D eigenvalue weighted by Gasteiger charge is -2.29. The fraction of sp³-hybridized carbons (Fsp3) is 0.458. The number of unbranched alkanes of at least 4 members (excludes halogenated alkanes) is 1. The molecule has 3 atom stereocenters. The van der Waals surface area contributed by atoms with Crippen molar-refractivity contribution in [3.63, 3.8) is 0 Å². The van der Waals surface area contributed by atoms with Crippen LogP contribution in [0, 0.1) is 0 Å². The number of anilines is 1. The molecule has 1 aliphatic rings. The number of ether oxygens (including phenoxy) is 3. The molecule has 0 spiro atoms. The van der Waals surface area contributed by atoms with Crippen molar-refractivity contribution >= 4 is 23.5 Å². The second-order valence-electron chi connectivity index (χ2n) is 7.64. The van der Waals surface area contributed by atoms with E-state index in [0.717, 1.165) is 42.8 Å². The average molecular weight is 494 g/mol. The highest BCUT2D eigenvalue weighted by Crippen LogP contribution is 2.38. The summed E-state index contributed by atoms with van der Waals surface area (Å²) in [6, 6.07) is 13.1. The first-order valence-corrected chi connectivity index (χ1v) is 12.1. The third kappa shape index (κ3) is 8.46. The standard InChI is InChI=1S/C18H23N3O2S.C6H12O4/c1-3-4-10-21-15-11-13(18(22)20-2)12-16(24-19)17(15)23-14-8-6-5-7-9-14;1-9-6-5(8)2-4(7)3-10-6/h5-9,11-12,21H,3-4,10,19H2,1-2H3,(H,20,22);4-8H,2-3H2,1H3. The van der Waals surface area contributed by atoms with E-state index in [0.29, 0.717) is 22.6 Å². The number of methoxy groups -OCH3 is 1. The molecule has 3 unspecified atom stereocenters. The minimum Gasteiger partial charge on any atom is -0.454 e. The van der Waals surface area contributed by atoms with Gasteiger partial charge in [-0.3, -0.25) is 9.93 Å². The maximum atomic E-state index is 12.0. The van der Waals surface area contributed by atoms with Crippen LogP contribution in [0.5, 0.6) is 11.5 Å². The van der Waals surface area contributed by atoms with Crippen LogP contribution in [-0.2, 0) is 9.47 Å². The number of rotatable bonds is 9. The molecule has 6 N–H and O–H groups in total. The zero-order valence-corrected chi connectivity index (χ0v) is 20.6. The van der Waals surface area contributed by atoms with Crippen molar-refractivity contribution in [1.82, 2.24) is 5.32 Å². The van der Waals surface area contributed by atoms with Gasteiger partial charge < -0.3 is 35.1 Å². The highest BCUT2D eigenvalue weighted by atomic mass is 32.2. The van der Waals surface area contributed by atoms with E-state index in [1.54, 1.807) is 19.2 Å². The summed E-state index contributed by atoms with van der Waals surface area (Å²) in [6.45, 7) is 3.17. The third-order valence-corrected chi connectivity index (χ3v) is 5.55. The number of aliphatic hydroxyl groups excluding tert-OH is 2. The fourth-order valence-electron chi connectivity index (χ4n) is 3.21. The number of hydrogen-bond donors (Lipinski definition) is 5. The Hall–Kier alpha value is -2.34. The molecule has 188 valence electrons. The number of para-hydroxylation sites is 1. The van der Waals surface area contributed by atoms with Gasteiger partial charge in [0.2, 0.25) is 0 Å². The summed E-state index contributed by atoms with van der Waals surface area (Å²) in [5.74, 6) is 1.20. The van der Waals surface area contributed by atoms with E-state index < -0.39 is 18.5 Å². The van der Waals surface area contributed by atoms with Gasteiger partial charge in [0, 0.05) is 32.7 Å². The lowest BCUT2D eigenvalue weighted by atomic mass is 10.1. The van der Waals surface area contributed by atoms with Crippen LogP contribution < -0.4 is 20.5 Å². The second kappa shape index (κ2) is 14.8. The molecule has 0 radical (unpaired) electrons. The summed E-state index contributed by atoms with van der Waals surface area (Å²) in [4.78, 5) is 12.7. The number of amides is 1. The maximum absolute atomic E-state index is 12.0. The molecule has 9 nitrogen and oxygen atoms in total. The molecule has 0 saturated carbocycles. The van der Waals surface area contributed by atoms with Crippen LogP contribution in [0.4, 0.5) is 5.69 Å². The summed E-state index contributed by atoms with van der Waals surface area (Å²) in [7, 11) is 3.07. The third-order valence-electron chi connectivity index (χ3n) is 4.99. The van der Waals surface area contributed by atoms with Gasteiger partial charge in [-0.1, -0.05) is 31.5 Å². The Labute approximate surface area is 205 Å². The number of carbonyl (C=O) groups excluding carboxylic acids is 1. The Morgan fingerprint density at radius 3 is 2.59 bits per heavy atom. The number of nitrogens with two attached hydrogens (primary N) is 1.